The first-order chi connectivity index (χ1) is 8.90. The lowest BCUT2D eigenvalue weighted by Gasteiger charge is -2.32. The number of hydrogen-bond acceptors (Lipinski definition) is 4. The molecule has 1 fully saturated rings. The van der Waals surface area contributed by atoms with Gasteiger partial charge < -0.3 is 4.90 Å². The van der Waals surface area contributed by atoms with Crippen LogP contribution in [0.1, 0.15) is 18.5 Å². The number of halogens is 4. The van der Waals surface area contributed by atoms with Gasteiger partial charge in [-0.05, 0) is 30.7 Å². The smallest absolute Gasteiger partial charge is 0.356 e. The van der Waals surface area contributed by atoms with Gasteiger partial charge in [-0.3, -0.25) is 0 Å². The van der Waals surface area contributed by atoms with E-state index in [1.807, 2.05) is 11.2 Å². The van der Waals surface area contributed by atoms with Gasteiger partial charge in [0.15, 0.2) is 5.69 Å². The van der Waals surface area contributed by atoms with Gasteiger partial charge in [0.1, 0.15) is 5.82 Å². The van der Waals surface area contributed by atoms with Crippen molar-refractivity contribution in [2.24, 2.45) is 0 Å². The molecule has 0 bridgehead atoms. The van der Waals surface area contributed by atoms with Gasteiger partial charge in [0, 0.05) is 24.4 Å². The second kappa shape index (κ2) is 5.75. The van der Waals surface area contributed by atoms with Crippen LogP contribution in [-0.2, 0) is 6.18 Å². The van der Waals surface area contributed by atoms with Crippen LogP contribution in [0.15, 0.2) is 6.07 Å². The van der Waals surface area contributed by atoms with Crippen LogP contribution in [0.25, 0.3) is 0 Å². The number of aromatic nitrogens is 2. The maximum atomic E-state index is 12.7. The van der Waals surface area contributed by atoms with E-state index in [1.165, 1.54) is 0 Å². The molecule has 0 unspecified atom stereocenters. The molecule has 1 aromatic rings. The lowest BCUT2D eigenvalue weighted by atomic mass is 10.1. The Hall–Kier alpha value is -0.690. The van der Waals surface area contributed by atoms with Crippen LogP contribution in [-0.4, -0.2) is 34.6 Å². The number of thioether (sulfide) groups is 1. The SMILES string of the molecule is CSC1CCN(c2cc(C(F)(F)F)nc(Cl)n2)CC1. The van der Waals surface area contributed by atoms with Crippen molar-refractivity contribution in [1.82, 2.24) is 9.97 Å². The Labute approximate surface area is 118 Å². The number of anilines is 1. The Kier molecular flexibility index (Phi) is 4.45. The summed E-state index contributed by atoms with van der Waals surface area (Å²) in [6.45, 7) is 1.38. The summed E-state index contributed by atoms with van der Waals surface area (Å²) in [5, 5.41) is 0.201. The molecule has 2 rings (SSSR count). The first-order valence-electron chi connectivity index (χ1n) is 5.79. The molecule has 1 aromatic heterocycles. The van der Waals surface area contributed by atoms with Gasteiger partial charge >= 0.3 is 6.18 Å². The minimum absolute atomic E-state index is 0.256. The second-order valence-electron chi connectivity index (χ2n) is 4.30. The molecule has 0 saturated carbocycles. The van der Waals surface area contributed by atoms with Crippen molar-refractivity contribution in [1.29, 1.82) is 0 Å². The summed E-state index contributed by atoms with van der Waals surface area (Å²) in [5.74, 6) is 0.256. The zero-order valence-electron chi connectivity index (χ0n) is 10.2. The average molecular weight is 312 g/mol. The molecule has 0 N–H and O–H groups in total. The monoisotopic (exact) mass is 311 g/mol. The van der Waals surface area contributed by atoms with E-state index in [0.29, 0.717) is 18.3 Å². The van der Waals surface area contributed by atoms with Crippen LogP contribution >= 0.6 is 23.4 Å². The lowest BCUT2D eigenvalue weighted by molar-refractivity contribution is -0.141. The van der Waals surface area contributed by atoms with Crippen molar-refractivity contribution in [2.45, 2.75) is 24.3 Å². The summed E-state index contributed by atoms with van der Waals surface area (Å²) in [5.41, 5.74) is -0.991. The molecule has 0 aliphatic carbocycles. The lowest BCUT2D eigenvalue weighted by Crippen LogP contribution is -2.35. The third-order valence-corrected chi connectivity index (χ3v) is 4.38. The predicted molar refractivity (Wildman–Crippen MR) is 70.8 cm³/mol. The highest BCUT2D eigenvalue weighted by molar-refractivity contribution is 7.99. The molecule has 8 heteroatoms. The quantitative estimate of drug-likeness (QED) is 0.782. The highest BCUT2D eigenvalue weighted by Gasteiger charge is 2.34. The van der Waals surface area contributed by atoms with E-state index in [-0.39, 0.29) is 11.1 Å². The van der Waals surface area contributed by atoms with Crippen LogP contribution in [0.5, 0.6) is 0 Å². The highest BCUT2D eigenvalue weighted by Crippen LogP contribution is 2.31. The Bertz CT molecular complexity index is 447. The fourth-order valence-corrected chi connectivity index (χ4v) is 2.89. The molecular weight excluding hydrogens is 299 g/mol. The van der Waals surface area contributed by atoms with Crippen LogP contribution < -0.4 is 4.90 Å². The Morgan fingerprint density at radius 2 is 1.95 bits per heavy atom. The Morgan fingerprint density at radius 3 is 2.47 bits per heavy atom. The van der Waals surface area contributed by atoms with Crippen molar-refractivity contribution < 1.29 is 13.2 Å². The molecule has 106 valence electrons. The van der Waals surface area contributed by atoms with Crippen LogP contribution in [0.2, 0.25) is 5.28 Å². The fraction of sp³-hybridized carbons (Fsp3) is 0.636. The maximum Gasteiger partial charge on any atom is 0.433 e. The number of nitrogens with zero attached hydrogens (tertiary/aromatic N) is 3. The van der Waals surface area contributed by atoms with Gasteiger partial charge in [0.2, 0.25) is 5.28 Å². The van der Waals surface area contributed by atoms with Gasteiger partial charge in [-0.15, -0.1) is 0 Å². The first-order valence-corrected chi connectivity index (χ1v) is 7.46. The zero-order valence-corrected chi connectivity index (χ0v) is 11.8. The normalized spacial score (nSPS) is 17.8. The predicted octanol–water partition coefficient (Wildman–Crippen LogP) is 3.48. The van der Waals surface area contributed by atoms with Crippen LogP contribution in [0.3, 0.4) is 0 Å². The number of rotatable bonds is 2. The molecule has 0 spiro atoms. The number of piperidine rings is 1. The van der Waals surface area contributed by atoms with Crippen LogP contribution in [0, 0.1) is 0 Å². The summed E-state index contributed by atoms with van der Waals surface area (Å²) < 4.78 is 38.0. The standard InChI is InChI=1S/C11H13ClF3N3S/c1-19-7-2-4-18(5-3-7)9-6-8(11(13,14)15)16-10(12)17-9/h6-7H,2-5H2,1H3. The Balaban J connectivity index is 2.19. The zero-order chi connectivity index (χ0) is 14.0. The van der Waals surface area contributed by atoms with Crippen molar-refractivity contribution >= 4 is 29.2 Å². The summed E-state index contributed by atoms with van der Waals surface area (Å²) in [6, 6.07) is 0.964. The van der Waals surface area contributed by atoms with Crippen molar-refractivity contribution in [2.75, 3.05) is 24.2 Å². The van der Waals surface area contributed by atoms with E-state index in [0.717, 1.165) is 18.9 Å². The van der Waals surface area contributed by atoms with E-state index < -0.39 is 11.9 Å². The van der Waals surface area contributed by atoms with E-state index in [2.05, 4.69) is 9.97 Å². The third kappa shape index (κ3) is 3.66. The molecule has 0 aromatic carbocycles. The molecular formula is C11H13ClF3N3S. The van der Waals surface area contributed by atoms with E-state index in [4.69, 9.17) is 11.6 Å². The molecule has 0 atom stereocenters. The van der Waals surface area contributed by atoms with Gasteiger partial charge in [0.25, 0.3) is 0 Å². The molecule has 0 amide bonds. The van der Waals surface area contributed by atoms with Gasteiger partial charge in [-0.1, -0.05) is 0 Å². The van der Waals surface area contributed by atoms with Crippen molar-refractivity contribution in [3.8, 4) is 0 Å². The number of hydrogen-bond donors (Lipinski definition) is 0. The Morgan fingerprint density at radius 1 is 1.32 bits per heavy atom. The summed E-state index contributed by atoms with van der Waals surface area (Å²) in [7, 11) is 0. The first kappa shape index (κ1) is 14.7. The van der Waals surface area contributed by atoms with Crippen LogP contribution in [0.4, 0.5) is 19.0 Å². The highest BCUT2D eigenvalue weighted by atomic mass is 35.5. The van der Waals surface area contributed by atoms with E-state index in [9.17, 15) is 13.2 Å². The second-order valence-corrected chi connectivity index (χ2v) is 5.78. The maximum absolute atomic E-state index is 12.7. The minimum atomic E-state index is -4.50. The minimum Gasteiger partial charge on any atom is -0.356 e. The van der Waals surface area contributed by atoms with Crippen molar-refractivity contribution in [3.05, 3.63) is 17.0 Å². The topological polar surface area (TPSA) is 29.0 Å². The summed E-state index contributed by atoms with van der Waals surface area (Å²) in [4.78, 5) is 8.95. The third-order valence-electron chi connectivity index (χ3n) is 3.08. The molecule has 1 aliphatic heterocycles. The fourth-order valence-electron chi connectivity index (χ4n) is 2.03. The molecule has 0 radical (unpaired) electrons. The molecule has 2 heterocycles. The number of alkyl halides is 3. The molecule has 1 saturated heterocycles. The van der Waals surface area contributed by atoms with Crippen molar-refractivity contribution in [3.63, 3.8) is 0 Å². The molecule has 19 heavy (non-hydrogen) atoms. The van der Waals surface area contributed by atoms with E-state index in [1.54, 1.807) is 11.8 Å². The summed E-state index contributed by atoms with van der Waals surface area (Å²) in [6.07, 6.45) is -0.586. The van der Waals surface area contributed by atoms with Gasteiger partial charge in [-0.2, -0.15) is 24.9 Å². The molecule has 1 aliphatic rings. The average Bonchev–Trinajstić information content (AvgIpc) is 2.37. The van der Waals surface area contributed by atoms with Gasteiger partial charge in [0.05, 0.1) is 0 Å². The van der Waals surface area contributed by atoms with E-state index >= 15 is 0 Å². The largest absolute Gasteiger partial charge is 0.433 e. The van der Waals surface area contributed by atoms with Gasteiger partial charge in [-0.25, -0.2) is 9.97 Å². The summed E-state index contributed by atoms with van der Waals surface area (Å²) >= 11 is 7.37. The molecule has 3 nitrogen and oxygen atoms in total.